The van der Waals surface area contributed by atoms with Crippen molar-refractivity contribution in [3.8, 4) is 0 Å². The molecule has 86 valence electrons. The largest absolute Gasteiger partial charge is 0.480 e. The minimum absolute atomic E-state index is 0.0504. The van der Waals surface area contributed by atoms with Gasteiger partial charge in [0.25, 0.3) is 0 Å². The van der Waals surface area contributed by atoms with E-state index in [9.17, 15) is 9.59 Å². The molecule has 0 aliphatic rings. The molecular weight excluding hydrogens is 206 g/mol. The monoisotopic (exact) mass is 221 g/mol. The number of carboxylic acid groups (broad SMARTS) is 1. The molecule has 16 heavy (non-hydrogen) atoms. The summed E-state index contributed by atoms with van der Waals surface area (Å²) in [6.45, 7) is 1.81. The molecule has 0 unspecified atom stereocenters. The molecule has 0 radical (unpaired) electrons. The summed E-state index contributed by atoms with van der Waals surface area (Å²) in [7, 11) is 0. The van der Waals surface area contributed by atoms with Crippen LogP contribution in [0.1, 0.15) is 23.7 Å². The first kappa shape index (κ1) is 12.4. The molecule has 0 heterocycles. The van der Waals surface area contributed by atoms with Gasteiger partial charge in [0.1, 0.15) is 6.04 Å². The van der Waals surface area contributed by atoms with E-state index in [0.29, 0.717) is 12.0 Å². The van der Waals surface area contributed by atoms with Gasteiger partial charge in [-0.05, 0) is 6.42 Å². The average Bonchev–Trinajstić information content (AvgIpc) is 2.30. The van der Waals surface area contributed by atoms with Crippen molar-refractivity contribution in [1.29, 1.82) is 0 Å². The molecule has 0 spiro atoms. The zero-order valence-electron chi connectivity index (χ0n) is 9.14. The maximum atomic E-state index is 11.6. The van der Waals surface area contributed by atoms with Gasteiger partial charge in [0.15, 0.2) is 5.78 Å². The van der Waals surface area contributed by atoms with Crippen LogP contribution in [0.25, 0.3) is 0 Å². The number of carbonyl (C=O) groups excluding carboxylic acids is 1. The summed E-state index contributed by atoms with van der Waals surface area (Å²) >= 11 is 0. The van der Waals surface area contributed by atoms with Crippen LogP contribution in [-0.4, -0.2) is 29.4 Å². The van der Waals surface area contributed by atoms with Crippen LogP contribution in [-0.2, 0) is 4.79 Å². The Morgan fingerprint density at radius 2 is 1.94 bits per heavy atom. The molecule has 0 aliphatic carbocycles. The van der Waals surface area contributed by atoms with Gasteiger partial charge in [-0.3, -0.25) is 14.9 Å². The van der Waals surface area contributed by atoms with E-state index in [1.54, 1.807) is 31.2 Å². The number of carboxylic acids is 1. The van der Waals surface area contributed by atoms with Crippen molar-refractivity contribution in [2.75, 3.05) is 6.54 Å². The van der Waals surface area contributed by atoms with E-state index < -0.39 is 12.0 Å². The molecule has 1 aromatic rings. The van der Waals surface area contributed by atoms with Crippen molar-refractivity contribution in [3.05, 3.63) is 35.9 Å². The Balaban J connectivity index is 2.50. The van der Waals surface area contributed by atoms with Crippen LogP contribution in [0.15, 0.2) is 30.3 Å². The Bertz CT molecular complexity index is 362. The van der Waals surface area contributed by atoms with E-state index in [4.69, 9.17) is 5.11 Å². The molecule has 1 atom stereocenters. The lowest BCUT2D eigenvalue weighted by Gasteiger charge is -2.11. The molecule has 0 fully saturated rings. The lowest BCUT2D eigenvalue weighted by molar-refractivity contribution is -0.139. The second kappa shape index (κ2) is 6.02. The molecule has 4 heteroatoms. The van der Waals surface area contributed by atoms with E-state index in [-0.39, 0.29) is 12.3 Å². The van der Waals surface area contributed by atoms with Gasteiger partial charge in [0.2, 0.25) is 0 Å². The van der Waals surface area contributed by atoms with Crippen LogP contribution in [0.5, 0.6) is 0 Å². The zero-order chi connectivity index (χ0) is 12.0. The Morgan fingerprint density at radius 1 is 1.31 bits per heavy atom. The van der Waals surface area contributed by atoms with Gasteiger partial charge < -0.3 is 5.11 Å². The van der Waals surface area contributed by atoms with Crippen molar-refractivity contribution in [2.45, 2.75) is 19.4 Å². The van der Waals surface area contributed by atoms with Gasteiger partial charge in [-0.2, -0.15) is 0 Å². The number of aliphatic carboxylic acids is 1. The van der Waals surface area contributed by atoms with Crippen molar-refractivity contribution < 1.29 is 14.7 Å². The van der Waals surface area contributed by atoms with Gasteiger partial charge in [-0.15, -0.1) is 0 Å². The van der Waals surface area contributed by atoms with Gasteiger partial charge in [0.05, 0.1) is 6.54 Å². The molecule has 0 saturated carbocycles. The maximum absolute atomic E-state index is 11.6. The fourth-order valence-corrected chi connectivity index (χ4v) is 1.35. The fraction of sp³-hybridized carbons (Fsp3) is 0.333. The van der Waals surface area contributed by atoms with Gasteiger partial charge >= 0.3 is 5.97 Å². The Labute approximate surface area is 94.3 Å². The van der Waals surface area contributed by atoms with E-state index in [0.717, 1.165) is 0 Å². The van der Waals surface area contributed by atoms with E-state index >= 15 is 0 Å². The van der Waals surface area contributed by atoms with Crippen molar-refractivity contribution in [1.82, 2.24) is 5.32 Å². The highest BCUT2D eigenvalue weighted by Crippen LogP contribution is 1.99. The Hall–Kier alpha value is -1.68. The number of hydrogen-bond donors (Lipinski definition) is 2. The quantitative estimate of drug-likeness (QED) is 0.711. The summed E-state index contributed by atoms with van der Waals surface area (Å²) in [6.07, 6.45) is 0.456. The number of Topliss-reactive ketones (excluding diaryl/α,β-unsaturated/α-hetero) is 1. The standard InChI is InChI=1S/C12H15NO3/c1-2-10(12(15)16)13-8-11(14)9-6-4-3-5-7-9/h3-7,10,13H,2,8H2,1H3,(H,15,16)/t10-/m0/s1. The minimum Gasteiger partial charge on any atom is -0.480 e. The summed E-state index contributed by atoms with van der Waals surface area (Å²) < 4.78 is 0. The number of hydrogen-bond acceptors (Lipinski definition) is 3. The molecule has 0 bridgehead atoms. The lowest BCUT2D eigenvalue weighted by Crippen LogP contribution is -2.39. The molecule has 0 amide bonds. The van der Waals surface area contributed by atoms with Crippen LogP contribution < -0.4 is 5.32 Å². The third kappa shape index (κ3) is 3.47. The average molecular weight is 221 g/mol. The van der Waals surface area contributed by atoms with Crippen molar-refractivity contribution in [3.63, 3.8) is 0 Å². The van der Waals surface area contributed by atoms with E-state index in [1.807, 2.05) is 6.07 Å². The number of rotatable bonds is 6. The first-order chi connectivity index (χ1) is 7.65. The summed E-state index contributed by atoms with van der Waals surface area (Å²) in [5.74, 6) is -1.02. The van der Waals surface area contributed by atoms with Crippen LogP contribution >= 0.6 is 0 Å². The molecule has 0 aromatic heterocycles. The Morgan fingerprint density at radius 3 is 2.44 bits per heavy atom. The van der Waals surface area contributed by atoms with Crippen LogP contribution in [0.4, 0.5) is 0 Å². The second-order valence-electron chi connectivity index (χ2n) is 3.47. The summed E-state index contributed by atoms with van der Waals surface area (Å²) in [4.78, 5) is 22.3. The normalized spacial score (nSPS) is 12.1. The highest BCUT2D eigenvalue weighted by molar-refractivity contribution is 5.97. The fourth-order valence-electron chi connectivity index (χ4n) is 1.35. The van der Waals surface area contributed by atoms with Gasteiger partial charge in [-0.25, -0.2) is 0 Å². The van der Waals surface area contributed by atoms with Crippen molar-refractivity contribution >= 4 is 11.8 Å². The number of benzene rings is 1. The first-order valence-corrected chi connectivity index (χ1v) is 5.19. The number of carbonyl (C=O) groups is 2. The predicted octanol–water partition coefficient (Wildman–Crippen LogP) is 1.32. The topological polar surface area (TPSA) is 66.4 Å². The molecule has 1 rings (SSSR count). The lowest BCUT2D eigenvalue weighted by atomic mass is 10.1. The highest BCUT2D eigenvalue weighted by Gasteiger charge is 2.15. The molecule has 0 saturated heterocycles. The number of nitrogens with one attached hydrogen (secondary N) is 1. The Kier molecular flexibility index (Phi) is 4.66. The molecule has 0 aliphatic heterocycles. The molecule has 1 aromatic carbocycles. The molecule has 4 nitrogen and oxygen atoms in total. The van der Waals surface area contributed by atoms with Gasteiger partial charge in [-0.1, -0.05) is 37.3 Å². The smallest absolute Gasteiger partial charge is 0.320 e. The van der Waals surface area contributed by atoms with Crippen molar-refractivity contribution in [2.24, 2.45) is 0 Å². The highest BCUT2D eigenvalue weighted by atomic mass is 16.4. The first-order valence-electron chi connectivity index (χ1n) is 5.19. The summed E-state index contributed by atoms with van der Waals surface area (Å²) in [5, 5.41) is 11.5. The van der Waals surface area contributed by atoms with Gasteiger partial charge in [0, 0.05) is 5.56 Å². The zero-order valence-corrected chi connectivity index (χ0v) is 9.14. The van der Waals surface area contributed by atoms with Crippen LogP contribution in [0.2, 0.25) is 0 Å². The summed E-state index contributed by atoms with van der Waals surface area (Å²) in [6, 6.07) is 8.16. The summed E-state index contributed by atoms with van der Waals surface area (Å²) in [5.41, 5.74) is 0.593. The molecular formula is C12H15NO3. The third-order valence-electron chi connectivity index (χ3n) is 2.31. The number of ketones is 1. The van der Waals surface area contributed by atoms with E-state index in [1.165, 1.54) is 0 Å². The minimum atomic E-state index is -0.927. The van der Waals surface area contributed by atoms with E-state index in [2.05, 4.69) is 5.32 Å². The maximum Gasteiger partial charge on any atom is 0.320 e. The predicted molar refractivity (Wildman–Crippen MR) is 60.5 cm³/mol. The SMILES string of the molecule is CC[C@H](NCC(=O)c1ccccc1)C(=O)O. The third-order valence-corrected chi connectivity index (χ3v) is 2.31. The molecule has 2 N–H and O–H groups in total. The van der Waals surface area contributed by atoms with Crippen LogP contribution in [0.3, 0.4) is 0 Å². The second-order valence-corrected chi connectivity index (χ2v) is 3.47. The van der Waals surface area contributed by atoms with Crippen LogP contribution in [0, 0.1) is 0 Å².